The highest BCUT2D eigenvalue weighted by Gasteiger charge is 2.13. The molecule has 6 nitrogen and oxygen atoms in total. The zero-order valence-corrected chi connectivity index (χ0v) is 12.8. The van der Waals surface area contributed by atoms with Gasteiger partial charge in [-0.15, -0.1) is 0 Å². The molecule has 0 spiro atoms. The van der Waals surface area contributed by atoms with Gasteiger partial charge >= 0.3 is 5.69 Å². The Kier molecular flexibility index (Phi) is 4.24. The van der Waals surface area contributed by atoms with Crippen molar-refractivity contribution in [3.63, 3.8) is 0 Å². The Bertz CT molecular complexity index is 933. The number of nitrogens with zero attached hydrogens (tertiary/aromatic N) is 1. The van der Waals surface area contributed by atoms with Crippen LogP contribution < -0.4 is 11.0 Å². The fraction of sp³-hybridized carbons (Fsp3) is 0.118. The number of benzene rings is 1. The normalized spacial score (nSPS) is 10.6. The van der Waals surface area contributed by atoms with Crippen LogP contribution in [0.2, 0.25) is 0 Å². The molecule has 0 atom stereocenters. The van der Waals surface area contributed by atoms with Gasteiger partial charge in [0.25, 0.3) is 5.91 Å². The van der Waals surface area contributed by atoms with E-state index in [2.05, 4.69) is 15.3 Å². The summed E-state index contributed by atoms with van der Waals surface area (Å²) in [7, 11) is 0. The number of nitrogens with one attached hydrogen (secondary N) is 2. The molecule has 122 valence electrons. The van der Waals surface area contributed by atoms with Crippen molar-refractivity contribution in [2.75, 3.05) is 0 Å². The van der Waals surface area contributed by atoms with E-state index in [1.54, 1.807) is 31.2 Å². The molecule has 2 aromatic heterocycles. The smallest absolute Gasteiger partial charge is 0.346 e. The summed E-state index contributed by atoms with van der Waals surface area (Å²) in [5, 5.41) is 2.61. The van der Waals surface area contributed by atoms with Crippen LogP contribution in [0, 0.1) is 12.7 Å². The van der Waals surface area contributed by atoms with Gasteiger partial charge in [0.15, 0.2) is 0 Å². The molecule has 0 unspecified atom stereocenters. The monoisotopic (exact) mass is 327 g/mol. The van der Waals surface area contributed by atoms with Crippen LogP contribution in [0.5, 0.6) is 0 Å². The summed E-state index contributed by atoms with van der Waals surface area (Å²) in [4.78, 5) is 30.0. The van der Waals surface area contributed by atoms with Crippen LogP contribution in [0.4, 0.5) is 4.39 Å². The Labute approximate surface area is 136 Å². The van der Waals surface area contributed by atoms with Crippen molar-refractivity contribution in [3.8, 4) is 11.3 Å². The van der Waals surface area contributed by atoms with Crippen molar-refractivity contribution in [1.82, 2.24) is 15.3 Å². The first-order valence-electron chi connectivity index (χ1n) is 7.21. The van der Waals surface area contributed by atoms with Gasteiger partial charge in [-0.3, -0.25) is 4.79 Å². The molecule has 0 fully saturated rings. The van der Waals surface area contributed by atoms with Crippen LogP contribution in [-0.2, 0) is 6.54 Å². The largest absolute Gasteiger partial charge is 0.467 e. The van der Waals surface area contributed by atoms with E-state index in [1.807, 2.05) is 0 Å². The molecule has 2 N–H and O–H groups in total. The highest BCUT2D eigenvalue weighted by molar-refractivity contribution is 5.93. The predicted octanol–water partition coefficient (Wildman–Crippen LogP) is 2.41. The topological polar surface area (TPSA) is 88.0 Å². The Hall–Kier alpha value is -3.22. The second kappa shape index (κ2) is 6.49. The lowest BCUT2D eigenvalue weighted by molar-refractivity contribution is 0.0942. The highest BCUT2D eigenvalue weighted by Crippen LogP contribution is 2.21. The molecule has 0 aliphatic heterocycles. The van der Waals surface area contributed by atoms with E-state index in [1.165, 1.54) is 18.4 Å². The molecular formula is C17H14FN3O3. The molecule has 0 saturated heterocycles. The van der Waals surface area contributed by atoms with E-state index in [4.69, 9.17) is 4.42 Å². The Morgan fingerprint density at radius 3 is 2.92 bits per heavy atom. The predicted molar refractivity (Wildman–Crippen MR) is 84.9 cm³/mol. The maximum atomic E-state index is 14.0. The fourth-order valence-electron chi connectivity index (χ4n) is 2.23. The Morgan fingerprint density at radius 1 is 1.33 bits per heavy atom. The number of H-pyrrole nitrogens is 1. The van der Waals surface area contributed by atoms with Gasteiger partial charge in [-0.2, -0.15) is 4.98 Å². The van der Waals surface area contributed by atoms with E-state index >= 15 is 0 Å². The molecule has 3 aromatic rings. The quantitative estimate of drug-likeness (QED) is 0.770. The molecule has 1 amide bonds. The van der Waals surface area contributed by atoms with Crippen molar-refractivity contribution in [1.29, 1.82) is 0 Å². The van der Waals surface area contributed by atoms with Crippen LogP contribution in [0.3, 0.4) is 0 Å². The average molecular weight is 327 g/mol. The summed E-state index contributed by atoms with van der Waals surface area (Å²) < 4.78 is 19.1. The number of furan rings is 1. The van der Waals surface area contributed by atoms with Gasteiger partial charge in [0.2, 0.25) is 0 Å². The van der Waals surface area contributed by atoms with Crippen molar-refractivity contribution in [2.24, 2.45) is 0 Å². The van der Waals surface area contributed by atoms with Crippen molar-refractivity contribution in [2.45, 2.75) is 13.5 Å². The number of aromatic nitrogens is 2. The molecule has 1 aromatic carbocycles. The zero-order valence-electron chi connectivity index (χ0n) is 12.8. The molecule has 0 radical (unpaired) electrons. The second-order valence-electron chi connectivity index (χ2n) is 5.23. The second-order valence-corrected chi connectivity index (χ2v) is 5.23. The number of aromatic amines is 1. The molecule has 0 bridgehead atoms. The zero-order chi connectivity index (χ0) is 17.1. The molecule has 7 heteroatoms. The number of carbonyl (C=O) groups excluding carboxylic acids is 1. The third kappa shape index (κ3) is 3.40. The molecule has 0 saturated carbocycles. The van der Waals surface area contributed by atoms with Crippen molar-refractivity contribution < 1.29 is 13.6 Å². The van der Waals surface area contributed by atoms with Gasteiger partial charge in [-0.1, -0.05) is 11.6 Å². The van der Waals surface area contributed by atoms with Crippen LogP contribution in [0.1, 0.15) is 21.8 Å². The Balaban J connectivity index is 1.90. The van der Waals surface area contributed by atoms with E-state index in [0.717, 1.165) is 5.56 Å². The summed E-state index contributed by atoms with van der Waals surface area (Å²) >= 11 is 0. The first-order valence-corrected chi connectivity index (χ1v) is 7.21. The number of amides is 1. The minimum absolute atomic E-state index is 0.00235. The first-order chi connectivity index (χ1) is 11.5. The minimum atomic E-state index is -0.725. The van der Waals surface area contributed by atoms with Gasteiger partial charge in [0.05, 0.1) is 18.5 Å². The van der Waals surface area contributed by atoms with E-state index in [0.29, 0.717) is 5.76 Å². The summed E-state index contributed by atoms with van der Waals surface area (Å²) in [6.45, 7) is 1.97. The SMILES string of the molecule is Cc1ccc(F)c(-c2cc(C(=O)NCc3ccco3)[nH]c(=O)n2)c1. The summed E-state index contributed by atoms with van der Waals surface area (Å²) in [5.74, 6) is -0.453. The molecular weight excluding hydrogens is 313 g/mol. The van der Waals surface area contributed by atoms with E-state index < -0.39 is 17.4 Å². The molecule has 2 heterocycles. The van der Waals surface area contributed by atoms with Gasteiger partial charge in [0.1, 0.15) is 17.3 Å². The van der Waals surface area contributed by atoms with Crippen molar-refractivity contribution in [3.05, 3.63) is 76.0 Å². The standard InChI is InChI=1S/C17H14FN3O3/c1-10-4-5-13(18)12(7-10)14-8-15(21-17(23)20-14)16(22)19-9-11-3-2-6-24-11/h2-8H,9H2,1H3,(H,19,22)(H,20,21,23). The fourth-order valence-corrected chi connectivity index (χ4v) is 2.23. The van der Waals surface area contributed by atoms with Gasteiger partial charge in [0, 0.05) is 5.56 Å². The highest BCUT2D eigenvalue weighted by atomic mass is 19.1. The number of hydrogen-bond acceptors (Lipinski definition) is 4. The number of halogens is 1. The molecule has 24 heavy (non-hydrogen) atoms. The summed E-state index contributed by atoms with van der Waals surface area (Å²) in [6, 6.07) is 9.24. The number of hydrogen-bond donors (Lipinski definition) is 2. The maximum Gasteiger partial charge on any atom is 0.346 e. The lowest BCUT2D eigenvalue weighted by Gasteiger charge is -2.07. The van der Waals surface area contributed by atoms with Crippen LogP contribution in [0.25, 0.3) is 11.3 Å². The summed E-state index contributed by atoms with van der Waals surface area (Å²) in [6.07, 6.45) is 1.49. The molecule has 0 aliphatic rings. The van der Waals surface area contributed by atoms with Crippen molar-refractivity contribution >= 4 is 5.91 Å². The third-order valence-electron chi connectivity index (χ3n) is 3.39. The van der Waals surface area contributed by atoms with Crippen LogP contribution in [0.15, 0.2) is 51.9 Å². The first kappa shape index (κ1) is 15.7. The lowest BCUT2D eigenvalue weighted by atomic mass is 10.1. The maximum absolute atomic E-state index is 14.0. The molecule has 0 aliphatic carbocycles. The van der Waals surface area contributed by atoms with Gasteiger partial charge in [-0.25, -0.2) is 9.18 Å². The summed E-state index contributed by atoms with van der Waals surface area (Å²) in [5.41, 5.74) is 0.357. The van der Waals surface area contributed by atoms with Gasteiger partial charge < -0.3 is 14.7 Å². The average Bonchev–Trinajstić information content (AvgIpc) is 3.07. The van der Waals surface area contributed by atoms with Crippen LogP contribution in [-0.4, -0.2) is 15.9 Å². The van der Waals surface area contributed by atoms with E-state index in [9.17, 15) is 14.0 Å². The lowest BCUT2D eigenvalue weighted by Crippen LogP contribution is -2.27. The third-order valence-corrected chi connectivity index (χ3v) is 3.39. The number of rotatable bonds is 4. The number of aryl methyl sites for hydroxylation is 1. The van der Waals surface area contributed by atoms with Gasteiger partial charge in [-0.05, 0) is 37.3 Å². The Morgan fingerprint density at radius 2 is 2.17 bits per heavy atom. The number of carbonyl (C=O) groups is 1. The molecule has 3 rings (SSSR count). The van der Waals surface area contributed by atoms with Crippen LogP contribution >= 0.6 is 0 Å². The minimum Gasteiger partial charge on any atom is -0.467 e. The van der Waals surface area contributed by atoms with E-state index in [-0.39, 0.29) is 23.5 Å².